The maximum atomic E-state index is 6.19. The van der Waals surface area contributed by atoms with Gasteiger partial charge in [0.15, 0.2) is 0 Å². The van der Waals surface area contributed by atoms with Crippen molar-refractivity contribution >= 4 is 5.69 Å². The Labute approximate surface area is 117 Å². The predicted molar refractivity (Wildman–Crippen MR) is 81.6 cm³/mol. The van der Waals surface area contributed by atoms with Gasteiger partial charge in [-0.3, -0.25) is 0 Å². The SMILES string of the molecule is CC(C)(C)c1ccccc1N1C2CCC1CC(N)C2. The number of hydrogen-bond acceptors (Lipinski definition) is 2. The number of piperidine rings is 1. The number of hydrogen-bond donors (Lipinski definition) is 1. The van der Waals surface area contributed by atoms with Gasteiger partial charge in [-0.1, -0.05) is 39.0 Å². The van der Waals surface area contributed by atoms with Crippen LogP contribution in [0, 0.1) is 0 Å². The molecule has 2 aliphatic heterocycles. The van der Waals surface area contributed by atoms with Gasteiger partial charge in [-0.15, -0.1) is 0 Å². The Kier molecular flexibility index (Phi) is 3.09. The number of nitrogens with zero attached hydrogens (tertiary/aromatic N) is 1. The first kappa shape index (κ1) is 13.0. The maximum absolute atomic E-state index is 6.19. The Bertz CT molecular complexity index is 447. The smallest absolute Gasteiger partial charge is 0.0409 e. The van der Waals surface area contributed by atoms with E-state index in [2.05, 4.69) is 49.9 Å². The molecule has 2 heteroatoms. The van der Waals surface area contributed by atoms with Crippen LogP contribution < -0.4 is 10.6 Å². The summed E-state index contributed by atoms with van der Waals surface area (Å²) in [7, 11) is 0. The van der Waals surface area contributed by atoms with Gasteiger partial charge in [-0.05, 0) is 42.7 Å². The lowest BCUT2D eigenvalue weighted by Crippen LogP contribution is -2.48. The molecule has 3 rings (SSSR count). The van der Waals surface area contributed by atoms with Gasteiger partial charge in [0.1, 0.15) is 0 Å². The Morgan fingerprint density at radius 2 is 1.63 bits per heavy atom. The van der Waals surface area contributed by atoms with Gasteiger partial charge in [0.05, 0.1) is 0 Å². The van der Waals surface area contributed by atoms with Crippen LogP contribution in [-0.2, 0) is 5.41 Å². The lowest BCUT2D eigenvalue weighted by molar-refractivity contribution is 0.412. The minimum Gasteiger partial charge on any atom is -0.365 e. The molecule has 0 radical (unpaired) electrons. The lowest BCUT2D eigenvalue weighted by atomic mass is 9.84. The summed E-state index contributed by atoms with van der Waals surface area (Å²) in [6.45, 7) is 6.93. The van der Waals surface area contributed by atoms with Gasteiger partial charge in [0, 0.05) is 23.8 Å². The summed E-state index contributed by atoms with van der Waals surface area (Å²) < 4.78 is 0. The van der Waals surface area contributed by atoms with Crippen LogP contribution in [0.3, 0.4) is 0 Å². The quantitative estimate of drug-likeness (QED) is 0.836. The highest BCUT2D eigenvalue weighted by Gasteiger charge is 2.40. The largest absolute Gasteiger partial charge is 0.365 e. The van der Waals surface area contributed by atoms with Crippen molar-refractivity contribution in [2.24, 2.45) is 5.73 Å². The van der Waals surface area contributed by atoms with E-state index < -0.39 is 0 Å². The van der Waals surface area contributed by atoms with Crippen LogP contribution in [-0.4, -0.2) is 18.1 Å². The number of benzene rings is 1. The van der Waals surface area contributed by atoms with Crippen LogP contribution in [0.4, 0.5) is 5.69 Å². The van der Waals surface area contributed by atoms with E-state index in [9.17, 15) is 0 Å². The molecule has 0 spiro atoms. The van der Waals surface area contributed by atoms with Gasteiger partial charge >= 0.3 is 0 Å². The minimum atomic E-state index is 0.204. The molecule has 2 atom stereocenters. The molecule has 2 saturated heterocycles. The second-order valence-electron chi connectivity index (χ2n) is 7.29. The van der Waals surface area contributed by atoms with Crippen LogP contribution in [0.25, 0.3) is 0 Å². The monoisotopic (exact) mass is 258 g/mol. The van der Waals surface area contributed by atoms with Crippen molar-refractivity contribution in [3.05, 3.63) is 29.8 Å². The highest BCUT2D eigenvalue weighted by Crippen LogP contribution is 2.42. The summed E-state index contributed by atoms with van der Waals surface area (Å²) in [6.07, 6.45) is 4.96. The zero-order valence-electron chi connectivity index (χ0n) is 12.4. The molecule has 2 N–H and O–H groups in total. The number of para-hydroxylation sites is 1. The van der Waals surface area contributed by atoms with Gasteiger partial charge in [0.2, 0.25) is 0 Å². The van der Waals surface area contributed by atoms with Crippen molar-refractivity contribution in [2.75, 3.05) is 4.90 Å². The molecular formula is C17H26N2. The first-order valence-electron chi connectivity index (χ1n) is 7.60. The third kappa shape index (κ3) is 2.27. The zero-order valence-corrected chi connectivity index (χ0v) is 12.4. The van der Waals surface area contributed by atoms with E-state index in [-0.39, 0.29) is 5.41 Å². The molecule has 0 aromatic heterocycles. The molecule has 0 aliphatic carbocycles. The molecule has 2 unspecified atom stereocenters. The third-order valence-electron chi connectivity index (χ3n) is 4.76. The average molecular weight is 258 g/mol. The van der Waals surface area contributed by atoms with E-state index in [0.717, 1.165) is 12.8 Å². The summed E-state index contributed by atoms with van der Waals surface area (Å²) in [6, 6.07) is 10.7. The van der Waals surface area contributed by atoms with E-state index in [1.54, 1.807) is 0 Å². The molecule has 0 amide bonds. The number of fused-ring (bicyclic) bond motifs is 2. The lowest BCUT2D eigenvalue weighted by Gasteiger charge is -2.42. The fraction of sp³-hybridized carbons (Fsp3) is 0.647. The first-order chi connectivity index (χ1) is 8.97. The van der Waals surface area contributed by atoms with Gasteiger partial charge in [0.25, 0.3) is 0 Å². The van der Waals surface area contributed by atoms with Gasteiger partial charge in [-0.2, -0.15) is 0 Å². The van der Waals surface area contributed by atoms with Gasteiger partial charge in [-0.25, -0.2) is 0 Å². The molecule has 2 heterocycles. The van der Waals surface area contributed by atoms with Crippen LogP contribution in [0.15, 0.2) is 24.3 Å². The number of nitrogens with two attached hydrogens (primary N) is 1. The van der Waals surface area contributed by atoms with Crippen molar-refractivity contribution in [1.29, 1.82) is 0 Å². The van der Waals surface area contributed by atoms with E-state index in [0.29, 0.717) is 18.1 Å². The van der Waals surface area contributed by atoms with Crippen LogP contribution >= 0.6 is 0 Å². The Morgan fingerprint density at radius 3 is 2.21 bits per heavy atom. The fourth-order valence-corrected chi connectivity index (χ4v) is 3.95. The van der Waals surface area contributed by atoms with Gasteiger partial charge < -0.3 is 10.6 Å². The summed E-state index contributed by atoms with van der Waals surface area (Å²) in [4.78, 5) is 2.68. The van der Waals surface area contributed by atoms with E-state index >= 15 is 0 Å². The second-order valence-corrected chi connectivity index (χ2v) is 7.29. The molecule has 2 bridgehead atoms. The van der Waals surface area contributed by atoms with Crippen molar-refractivity contribution < 1.29 is 0 Å². The standard InChI is InChI=1S/C17H26N2/c1-17(2,3)15-6-4-5-7-16(15)19-13-8-9-14(19)11-12(18)10-13/h4-7,12-14H,8-11,18H2,1-3H3. The summed E-state index contributed by atoms with van der Waals surface area (Å²) in [5.41, 5.74) is 9.32. The molecule has 1 aromatic rings. The highest BCUT2D eigenvalue weighted by atomic mass is 15.2. The van der Waals surface area contributed by atoms with Crippen LogP contribution in [0.1, 0.15) is 52.0 Å². The second kappa shape index (κ2) is 4.52. The predicted octanol–water partition coefficient (Wildman–Crippen LogP) is 3.44. The molecular weight excluding hydrogens is 232 g/mol. The van der Waals surface area contributed by atoms with E-state index in [4.69, 9.17) is 5.73 Å². The van der Waals surface area contributed by atoms with Crippen molar-refractivity contribution in [2.45, 2.75) is 70.0 Å². The van der Waals surface area contributed by atoms with Crippen molar-refractivity contribution in [1.82, 2.24) is 0 Å². The minimum absolute atomic E-state index is 0.204. The summed E-state index contributed by atoms with van der Waals surface area (Å²) in [5.74, 6) is 0. The summed E-state index contributed by atoms with van der Waals surface area (Å²) in [5, 5.41) is 0. The van der Waals surface area contributed by atoms with Crippen LogP contribution in [0.5, 0.6) is 0 Å². The average Bonchev–Trinajstić information content (AvgIpc) is 2.60. The maximum Gasteiger partial charge on any atom is 0.0409 e. The van der Waals surface area contributed by atoms with Crippen LogP contribution in [0.2, 0.25) is 0 Å². The zero-order chi connectivity index (χ0) is 13.6. The molecule has 0 saturated carbocycles. The topological polar surface area (TPSA) is 29.3 Å². The molecule has 2 nitrogen and oxygen atoms in total. The highest BCUT2D eigenvalue weighted by molar-refractivity contribution is 5.59. The summed E-state index contributed by atoms with van der Waals surface area (Å²) >= 11 is 0. The first-order valence-corrected chi connectivity index (χ1v) is 7.60. The third-order valence-corrected chi connectivity index (χ3v) is 4.76. The molecule has 19 heavy (non-hydrogen) atoms. The van der Waals surface area contributed by atoms with Crippen molar-refractivity contribution in [3.8, 4) is 0 Å². The molecule has 1 aromatic carbocycles. The van der Waals surface area contributed by atoms with E-state index in [1.807, 2.05) is 0 Å². The molecule has 104 valence electrons. The normalized spacial score (nSPS) is 30.7. The Hall–Kier alpha value is -1.02. The molecule has 2 aliphatic rings. The number of rotatable bonds is 1. The fourth-order valence-electron chi connectivity index (χ4n) is 3.95. The number of anilines is 1. The molecule has 2 fully saturated rings. The Balaban J connectivity index is 2.00. The van der Waals surface area contributed by atoms with E-state index in [1.165, 1.54) is 24.1 Å². The Morgan fingerprint density at radius 1 is 1.05 bits per heavy atom. The van der Waals surface area contributed by atoms with Crippen molar-refractivity contribution in [3.63, 3.8) is 0 Å².